The van der Waals surface area contributed by atoms with Gasteiger partial charge in [-0.05, 0) is 37.6 Å². The van der Waals surface area contributed by atoms with Crippen molar-refractivity contribution in [2.45, 2.75) is 18.9 Å². The molecule has 0 radical (unpaired) electrons. The number of rotatable bonds is 3. The zero-order valence-corrected chi connectivity index (χ0v) is 15.2. The summed E-state index contributed by atoms with van der Waals surface area (Å²) in [6.45, 7) is 1.88. The predicted molar refractivity (Wildman–Crippen MR) is 111 cm³/mol. The Morgan fingerprint density at radius 1 is 1.11 bits per heavy atom. The highest BCUT2D eigenvalue weighted by Crippen LogP contribution is 2.32. The smallest absolute Gasteiger partial charge is 0.261 e. The summed E-state index contributed by atoms with van der Waals surface area (Å²) in [6.07, 6.45) is 2.14. The van der Waals surface area contributed by atoms with Gasteiger partial charge in [-0.3, -0.25) is 4.79 Å². The van der Waals surface area contributed by atoms with Crippen molar-refractivity contribution in [3.05, 3.63) is 52.8 Å². The first-order valence-corrected chi connectivity index (χ1v) is 9.50. The summed E-state index contributed by atoms with van der Waals surface area (Å²) < 4.78 is 0. The molecule has 1 saturated heterocycles. The van der Waals surface area contributed by atoms with Gasteiger partial charge in [0.15, 0.2) is 0 Å². The van der Waals surface area contributed by atoms with E-state index in [-0.39, 0.29) is 17.4 Å². The van der Waals surface area contributed by atoms with E-state index in [1.54, 1.807) is 18.2 Å². The Bertz CT molecular complexity index is 1220. The second-order valence-corrected chi connectivity index (χ2v) is 7.22. The van der Waals surface area contributed by atoms with Gasteiger partial charge in [-0.1, -0.05) is 18.2 Å². The normalized spacial score (nSPS) is 17.2. The van der Waals surface area contributed by atoms with Crippen molar-refractivity contribution >= 4 is 27.6 Å². The van der Waals surface area contributed by atoms with Crippen LogP contribution in [0.3, 0.4) is 0 Å². The zero-order chi connectivity index (χ0) is 19.1. The summed E-state index contributed by atoms with van der Waals surface area (Å²) in [5, 5.41) is 17.7. The summed E-state index contributed by atoms with van der Waals surface area (Å²) in [5.41, 5.74) is 3.25. The van der Waals surface area contributed by atoms with Crippen LogP contribution in [-0.2, 0) is 0 Å². The van der Waals surface area contributed by atoms with Crippen molar-refractivity contribution in [1.82, 2.24) is 20.3 Å². The van der Waals surface area contributed by atoms with E-state index >= 15 is 0 Å². The highest BCUT2D eigenvalue weighted by Gasteiger charge is 2.21. The van der Waals surface area contributed by atoms with Crippen molar-refractivity contribution in [1.29, 1.82) is 0 Å². The van der Waals surface area contributed by atoms with Gasteiger partial charge in [-0.2, -0.15) is 0 Å². The largest absolute Gasteiger partial charge is 0.508 e. The van der Waals surface area contributed by atoms with E-state index < -0.39 is 0 Å². The Balaban J connectivity index is 1.72. The van der Waals surface area contributed by atoms with Gasteiger partial charge in [0.2, 0.25) is 0 Å². The molecule has 1 atom stereocenters. The number of pyridine rings is 1. The molecule has 0 bridgehead atoms. The number of fused-ring (bicyclic) bond motifs is 2. The molecule has 28 heavy (non-hydrogen) atoms. The number of phenolic OH excluding ortho intramolecular Hbond substituents is 1. The summed E-state index contributed by atoms with van der Waals surface area (Å²) in [6, 6.07) is 13.0. The molecule has 2 aromatic heterocycles. The number of hydrogen-bond donors (Lipinski definition) is 5. The van der Waals surface area contributed by atoms with E-state index in [1.165, 1.54) is 0 Å². The standard InChI is InChI=1S/C21H21N5O2/c27-13-7-8-16-17(10-13)25-20(24-16)18-19(23-12-4-3-9-22-11-12)14-5-1-2-6-15(14)26-21(18)28/h1-2,5-8,10,12,22,27H,3-4,9,11H2,(H,24,25)(H2,23,26,28). The zero-order valence-electron chi connectivity index (χ0n) is 15.2. The lowest BCUT2D eigenvalue weighted by molar-refractivity contribution is 0.476. The SMILES string of the molecule is O=c1[nH]c2ccccc2c(NC2CCCNC2)c1-c1nc2ccc(O)cc2[nH]1. The molecule has 0 spiro atoms. The van der Waals surface area contributed by atoms with Crippen LogP contribution >= 0.6 is 0 Å². The van der Waals surface area contributed by atoms with Gasteiger partial charge >= 0.3 is 0 Å². The number of benzene rings is 2. The molecular weight excluding hydrogens is 354 g/mol. The third-order valence-corrected chi connectivity index (χ3v) is 5.27. The third kappa shape index (κ3) is 2.90. The number of imidazole rings is 1. The molecule has 1 aliphatic rings. The fraction of sp³-hybridized carbons (Fsp3) is 0.238. The van der Waals surface area contributed by atoms with Crippen LogP contribution in [0.5, 0.6) is 5.75 Å². The van der Waals surface area contributed by atoms with Gasteiger partial charge < -0.3 is 25.7 Å². The Hall–Kier alpha value is -3.32. The fourth-order valence-electron chi connectivity index (χ4n) is 3.91. The molecule has 7 heteroatoms. The summed E-state index contributed by atoms with van der Waals surface area (Å²) in [7, 11) is 0. The number of nitrogens with one attached hydrogen (secondary N) is 4. The van der Waals surface area contributed by atoms with Crippen molar-refractivity contribution in [2.75, 3.05) is 18.4 Å². The molecule has 3 heterocycles. The average molecular weight is 375 g/mol. The molecule has 5 rings (SSSR count). The van der Waals surface area contributed by atoms with Crippen molar-refractivity contribution in [3.8, 4) is 17.1 Å². The lowest BCUT2D eigenvalue weighted by Crippen LogP contribution is -2.38. The average Bonchev–Trinajstić information content (AvgIpc) is 3.11. The number of para-hydroxylation sites is 1. The van der Waals surface area contributed by atoms with Crippen LogP contribution < -0.4 is 16.2 Å². The van der Waals surface area contributed by atoms with Gasteiger partial charge in [-0.25, -0.2) is 4.98 Å². The van der Waals surface area contributed by atoms with Crippen LogP contribution in [0.25, 0.3) is 33.3 Å². The van der Waals surface area contributed by atoms with E-state index in [1.807, 2.05) is 24.3 Å². The lowest BCUT2D eigenvalue weighted by Gasteiger charge is -2.26. The number of aromatic amines is 2. The van der Waals surface area contributed by atoms with E-state index in [2.05, 4.69) is 25.6 Å². The number of phenols is 1. The van der Waals surface area contributed by atoms with E-state index in [4.69, 9.17) is 0 Å². The second-order valence-electron chi connectivity index (χ2n) is 7.22. The Morgan fingerprint density at radius 3 is 2.86 bits per heavy atom. The molecule has 1 aliphatic heterocycles. The quantitative estimate of drug-likeness (QED) is 0.379. The van der Waals surface area contributed by atoms with Gasteiger partial charge in [0.25, 0.3) is 5.56 Å². The van der Waals surface area contributed by atoms with Crippen LogP contribution in [0, 0.1) is 0 Å². The van der Waals surface area contributed by atoms with E-state index in [0.29, 0.717) is 22.4 Å². The molecule has 5 N–H and O–H groups in total. The fourth-order valence-corrected chi connectivity index (χ4v) is 3.91. The van der Waals surface area contributed by atoms with Gasteiger partial charge in [0.05, 0.1) is 22.2 Å². The number of aromatic hydroxyl groups is 1. The number of nitrogens with zero attached hydrogens (tertiary/aromatic N) is 1. The van der Waals surface area contributed by atoms with E-state index in [9.17, 15) is 9.90 Å². The van der Waals surface area contributed by atoms with Crippen molar-refractivity contribution in [3.63, 3.8) is 0 Å². The Kier molecular flexibility index (Phi) is 4.02. The number of hydrogen-bond acceptors (Lipinski definition) is 5. The number of piperidine rings is 1. The molecule has 2 aromatic carbocycles. The molecule has 1 fully saturated rings. The molecule has 7 nitrogen and oxygen atoms in total. The minimum absolute atomic E-state index is 0.154. The van der Waals surface area contributed by atoms with E-state index in [0.717, 1.165) is 42.5 Å². The number of anilines is 1. The number of aromatic nitrogens is 3. The maximum Gasteiger partial charge on any atom is 0.261 e. The summed E-state index contributed by atoms with van der Waals surface area (Å²) in [4.78, 5) is 23.8. The second kappa shape index (κ2) is 6.69. The van der Waals surface area contributed by atoms with Crippen LogP contribution in [0.2, 0.25) is 0 Å². The Labute approximate surface area is 160 Å². The van der Waals surface area contributed by atoms with Gasteiger partial charge in [0.1, 0.15) is 17.1 Å². The van der Waals surface area contributed by atoms with Gasteiger partial charge in [0, 0.05) is 24.0 Å². The first kappa shape index (κ1) is 16.8. The molecule has 0 amide bonds. The third-order valence-electron chi connectivity index (χ3n) is 5.27. The molecule has 0 saturated carbocycles. The van der Waals surface area contributed by atoms with Crippen LogP contribution in [0.15, 0.2) is 47.3 Å². The lowest BCUT2D eigenvalue weighted by atomic mass is 10.0. The number of H-pyrrole nitrogens is 2. The molecule has 142 valence electrons. The molecule has 0 aliphatic carbocycles. The minimum Gasteiger partial charge on any atom is -0.508 e. The topological polar surface area (TPSA) is 106 Å². The highest BCUT2D eigenvalue weighted by atomic mass is 16.3. The Morgan fingerprint density at radius 2 is 2.00 bits per heavy atom. The van der Waals surface area contributed by atoms with Gasteiger partial charge in [-0.15, -0.1) is 0 Å². The van der Waals surface area contributed by atoms with Crippen LogP contribution in [0.1, 0.15) is 12.8 Å². The predicted octanol–water partition coefficient (Wildman–Crippen LogP) is 2.94. The highest BCUT2D eigenvalue weighted by molar-refractivity contribution is 5.99. The van der Waals surface area contributed by atoms with Crippen molar-refractivity contribution in [2.24, 2.45) is 0 Å². The van der Waals surface area contributed by atoms with Crippen molar-refractivity contribution < 1.29 is 5.11 Å². The summed E-state index contributed by atoms with van der Waals surface area (Å²) >= 11 is 0. The monoisotopic (exact) mass is 375 g/mol. The molecular formula is C21H21N5O2. The maximum absolute atomic E-state index is 13.0. The summed E-state index contributed by atoms with van der Waals surface area (Å²) in [5.74, 6) is 0.639. The van der Waals surface area contributed by atoms with Crippen LogP contribution in [-0.4, -0.2) is 39.2 Å². The molecule has 1 unspecified atom stereocenters. The maximum atomic E-state index is 13.0. The first-order valence-electron chi connectivity index (χ1n) is 9.50. The molecule has 4 aromatic rings. The minimum atomic E-state index is -0.201. The first-order chi connectivity index (χ1) is 13.7. The van der Waals surface area contributed by atoms with Crippen LogP contribution in [0.4, 0.5) is 5.69 Å².